The highest BCUT2D eigenvalue weighted by Crippen LogP contribution is 2.18. The van der Waals surface area contributed by atoms with Gasteiger partial charge in [0.05, 0.1) is 19.3 Å². The number of carbonyl (C=O) groups excluding carboxylic acids is 1. The third-order valence-electron chi connectivity index (χ3n) is 4.59. The van der Waals surface area contributed by atoms with Gasteiger partial charge in [0.25, 0.3) is 0 Å². The molecule has 2 aliphatic heterocycles. The lowest BCUT2D eigenvalue weighted by atomic mass is 10.1. The van der Waals surface area contributed by atoms with Crippen LogP contribution in [0.25, 0.3) is 0 Å². The van der Waals surface area contributed by atoms with Crippen LogP contribution in [0.4, 0.5) is 0 Å². The van der Waals surface area contributed by atoms with Gasteiger partial charge in [0.2, 0.25) is 5.91 Å². The highest BCUT2D eigenvalue weighted by atomic mass is 16.5. The Morgan fingerprint density at radius 3 is 2.95 bits per heavy atom. The molecule has 3 rings (SSSR count). The Kier molecular flexibility index (Phi) is 5.10. The molecule has 0 spiro atoms. The molecule has 0 bridgehead atoms. The summed E-state index contributed by atoms with van der Waals surface area (Å²) in [6, 6.07) is 0.704. The Labute approximate surface area is 131 Å². The van der Waals surface area contributed by atoms with Gasteiger partial charge in [-0.2, -0.15) is 5.10 Å². The van der Waals surface area contributed by atoms with Crippen LogP contribution < -0.4 is 5.32 Å². The zero-order valence-electron chi connectivity index (χ0n) is 13.3. The van der Waals surface area contributed by atoms with Crippen LogP contribution in [0.15, 0.2) is 12.4 Å². The molecule has 122 valence electrons. The quantitative estimate of drug-likeness (QED) is 0.880. The minimum absolute atomic E-state index is 0.149. The summed E-state index contributed by atoms with van der Waals surface area (Å²) in [6.07, 6.45) is 8.12. The van der Waals surface area contributed by atoms with Gasteiger partial charge in [-0.25, -0.2) is 0 Å². The second kappa shape index (κ2) is 7.24. The van der Waals surface area contributed by atoms with Gasteiger partial charge in [0.1, 0.15) is 0 Å². The maximum absolute atomic E-state index is 12.3. The number of rotatable bonds is 5. The molecule has 0 radical (unpaired) electrons. The maximum Gasteiger partial charge on any atom is 0.234 e. The molecule has 6 nitrogen and oxygen atoms in total. The Hall–Kier alpha value is -1.40. The first kappa shape index (κ1) is 15.5. The molecular weight excluding hydrogens is 280 g/mol. The van der Waals surface area contributed by atoms with E-state index >= 15 is 0 Å². The number of carbonyl (C=O) groups is 1. The minimum Gasteiger partial charge on any atom is -0.381 e. The SMILES string of the molecule is Cc1cnn(C[C@@H]2CCCN2CC(=O)NC2CCOCC2)c1. The third-order valence-corrected chi connectivity index (χ3v) is 4.59. The second-order valence-corrected chi connectivity index (χ2v) is 6.46. The number of nitrogens with zero attached hydrogens (tertiary/aromatic N) is 3. The summed E-state index contributed by atoms with van der Waals surface area (Å²) < 4.78 is 7.32. The molecule has 0 unspecified atom stereocenters. The molecule has 1 aromatic heterocycles. The summed E-state index contributed by atoms with van der Waals surface area (Å²) in [4.78, 5) is 14.6. The molecule has 3 heterocycles. The lowest BCUT2D eigenvalue weighted by molar-refractivity contribution is -0.123. The molecule has 22 heavy (non-hydrogen) atoms. The standard InChI is InChI=1S/C16H26N4O2/c1-13-9-17-20(10-13)11-15-3-2-6-19(15)12-16(21)18-14-4-7-22-8-5-14/h9-10,14-15H,2-8,11-12H2,1H3,(H,18,21)/t15-/m0/s1. The topological polar surface area (TPSA) is 59.4 Å². The second-order valence-electron chi connectivity index (χ2n) is 6.46. The smallest absolute Gasteiger partial charge is 0.234 e. The Balaban J connectivity index is 1.48. The zero-order chi connectivity index (χ0) is 15.4. The summed E-state index contributed by atoms with van der Waals surface area (Å²) >= 11 is 0. The van der Waals surface area contributed by atoms with E-state index in [0.29, 0.717) is 12.6 Å². The van der Waals surface area contributed by atoms with E-state index in [1.807, 2.05) is 10.9 Å². The van der Waals surface area contributed by atoms with Crippen LogP contribution >= 0.6 is 0 Å². The van der Waals surface area contributed by atoms with Gasteiger partial charge in [-0.05, 0) is 44.7 Å². The number of aromatic nitrogens is 2. The molecule has 0 saturated carbocycles. The van der Waals surface area contributed by atoms with Crippen molar-refractivity contribution in [3.05, 3.63) is 18.0 Å². The van der Waals surface area contributed by atoms with Gasteiger partial charge in [0.15, 0.2) is 0 Å². The lowest BCUT2D eigenvalue weighted by Crippen LogP contribution is -2.46. The zero-order valence-corrected chi connectivity index (χ0v) is 13.3. The van der Waals surface area contributed by atoms with Crippen molar-refractivity contribution in [2.45, 2.75) is 51.2 Å². The maximum atomic E-state index is 12.3. The fraction of sp³-hybridized carbons (Fsp3) is 0.750. The highest BCUT2D eigenvalue weighted by Gasteiger charge is 2.27. The van der Waals surface area contributed by atoms with Crippen LogP contribution in [0.3, 0.4) is 0 Å². The first-order valence-electron chi connectivity index (χ1n) is 8.31. The molecule has 2 saturated heterocycles. The van der Waals surface area contributed by atoms with Gasteiger partial charge >= 0.3 is 0 Å². The predicted octanol–water partition coefficient (Wildman–Crippen LogP) is 0.951. The van der Waals surface area contributed by atoms with Gasteiger partial charge in [-0.15, -0.1) is 0 Å². The number of ether oxygens (including phenoxy) is 1. The number of hydrogen-bond donors (Lipinski definition) is 1. The molecule has 1 amide bonds. The van der Waals surface area contributed by atoms with Gasteiger partial charge in [-0.1, -0.05) is 0 Å². The van der Waals surface area contributed by atoms with Crippen LogP contribution in [-0.4, -0.2) is 59.0 Å². The molecule has 1 N–H and O–H groups in total. The molecule has 1 aromatic rings. The largest absolute Gasteiger partial charge is 0.381 e. The molecule has 1 atom stereocenters. The van der Waals surface area contributed by atoms with E-state index in [2.05, 4.69) is 28.4 Å². The van der Waals surface area contributed by atoms with E-state index in [0.717, 1.165) is 52.0 Å². The van der Waals surface area contributed by atoms with Crippen LogP contribution in [-0.2, 0) is 16.1 Å². The number of hydrogen-bond acceptors (Lipinski definition) is 4. The molecule has 0 aromatic carbocycles. The Bertz CT molecular complexity index is 496. The summed E-state index contributed by atoms with van der Waals surface area (Å²) in [5.41, 5.74) is 1.18. The van der Waals surface area contributed by atoms with E-state index in [4.69, 9.17) is 4.74 Å². The van der Waals surface area contributed by atoms with Crippen molar-refractivity contribution in [2.75, 3.05) is 26.3 Å². The fourth-order valence-corrected chi connectivity index (χ4v) is 3.39. The van der Waals surface area contributed by atoms with E-state index in [-0.39, 0.29) is 11.9 Å². The van der Waals surface area contributed by atoms with Crippen molar-refractivity contribution in [3.8, 4) is 0 Å². The summed E-state index contributed by atoms with van der Waals surface area (Å²) in [5, 5.41) is 7.51. The lowest BCUT2D eigenvalue weighted by Gasteiger charge is -2.27. The highest BCUT2D eigenvalue weighted by molar-refractivity contribution is 5.78. The predicted molar refractivity (Wildman–Crippen MR) is 83.5 cm³/mol. The average Bonchev–Trinajstić information content (AvgIpc) is 3.10. The van der Waals surface area contributed by atoms with Crippen LogP contribution in [0, 0.1) is 6.92 Å². The average molecular weight is 306 g/mol. The van der Waals surface area contributed by atoms with Crippen molar-refractivity contribution in [3.63, 3.8) is 0 Å². The Morgan fingerprint density at radius 1 is 1.41 bits per heavy atom. The van der Waals surface area contributed by atoms with Gasteiger partial charge < -0.3 is 10.1 Å². The van der Waals surface area contributed by atoms with Crippen molar-refractivity contribution in [1.82, 2.24) is 20.0 Å². The number of amides is 1. The first-order valence-corrected chi connectivity index (χ1v) is 8.31. The van der Waals surface area contributed by atoms with Crippen molar-refractivity contribution in [2.24, 2.45) is 0 Å². The molecule has 2 aliphatic rings. The third kappa shape index (κ3) is 4.08. The number of likely N-dealkylation sites (tertiary alicyclic amines) is 1. The number of nitrogens with one attached hydrogen (secondary N) is 1. The van der Waals surface area contributed by atoms with Crippen LogP contribution in [0.2, 0.25) is 0 Å². The van der Waals surface area contributed by atoms with Gasteiger partial charge in [0, 0.05) is 31.5 Å². The first-order chi connectivity index (χ1) is 10.7. The van der Waals surface area contributed by atoms with Crippen molar-refractivity contribution < 1.29 is 9.53 Å². The molecular formula is C16H26N4O2. The van der Waals surface area contributed by atoms with E-state index in [1.54, 1.807) is 0 Å². The van der Waals surface area contributed by atoms with Crippen molar-refractivity contribution >= 4 is 5.91 Å². The van der Waals surface area contributed by atoms with Gasteiger partial charge in [-0.3, -0.25) is 14.4 Å². The molecule has 2 fully saturated rings. The molecule has 6 heteroatoms. The van der Waals surface area contributed by atoms with Crippen molar-refractivity contribution in [1.29, 1.82) is 0 Å². The summed E-state index contributed by atoms with van der Waals surface area (Å²) in [6.45, 7) is 5.95. The van der Waals surface area contributed by atoms with Crippen LogP contribution in [0.1, 0.15) is 31.2 Å². The van der Waals surface area contributed by atoms with E-state index in [9.17, 15) is 4.79 Å². The number of aryl methyl sites for hydroxylation is 1. The van der Waals surface area contributed by atoms with E-state index in [1.165, 1.54) is 5.56 Å². The molecule has 0 aliphatic carbocycles. The Morgan fingerprint density at radius 2 is 2.23 bits per heavy atom. The van der Waals surface area contributed by atoms with E-state index < -0.39 is 0 Å². The fourth-order valence-electron chi connectivity index (χ4n) is 3.39. The normalized spacial score (nSPS) is 23.8. The monoisotopic (exact) mass is 306 g/mol. The summed E-state index contributed by atoms with van der Waals surface area (Å²) in [7, 11) is 0. The summed E-state index contributed by atoms with van der Waals surface area (Å²) in [5.74, 6) is 0.149. The minimum atomic E-state index is 0.149. The van der Waals surface area contributed by atoms with Crippen LogP contribution in [0.5, 0.6) is 0 Å².